The van der Waals surface area contributed by atoms with Crippen LogP contribution in [0, 0.1) is 0 Å². The number of nitrogens with one attached hydrogen (secondary N) is 1. The average Bonchev–Trinajstić information content (AvgIpc) is 2.46. The third-order valence-electron chi connectivity index (χ3n) is 3.03. The van der Waals surface area contributed by atoms with Gasteiger partial charge in [-0.15, -0.1) is 0 Å². The first kappa shape index (κ1) is 13.4. The van der Waals surface area contributed by atoms with Gasteiger partial charge in [-0.2, -0.15) is 0 Å². The van der Waals surface area contributed by atoms with Crippen molar-refractivity contribution in [3.05, 3.63) is 60.2 Å². The van der Waals surface area contributed by atoms with E-state index in [9.17, 15) is 4.39 Å². The van der Waals surface area contributed by atoms with Crippen LogP contribution in [0.4, 0.5) is 10.1 Å². The summed E-state index contributed by atoms with van der Waals surface area (Å²) in [5, 5.41) is 3.22. The van der Waals surface area contributed by atoms with Gasteiger partial charge in [-0.25, -0.2) is 4.39 Å². The summed E-state index contributed by atoms with van der Waals surface area (Å²) in [7, 11) is 1.62. The lowest BCUT2D eigenvalue weighted by molar-refractivity contribution is 0.322. The minimum Gasteiger partial charge on any atom is -0.497 e. The highest BCUT2D eigenvalue weighted by atomic mass is 19.1. The van der Waals surface area contributed by atoms with Crippen LogP contribution >= 0.6 is 0 Å². The van der Waals surface area contributed by atoms with Crippen molar-refractivity contribution in [1.82, 2.24) is 0 Å². The molecule has 3 heteroatoms. The van der Waals surface area contributed by atoms with Crippen LogP contribution in [0.2, 0.25) is 0 Å². The van der Waals surface area contributed by atoms with Gasteiger partial charge in [-0.1, -0.05) is 30.3 Å². The Morgan fingerprint density at radius 2 is 1.63 bits per heavy atom. The van der Waals surface area contributed by atoms with Crippen molar-refractivity contribution in [2.24, 2.45) is 0 Å². The quantitative estimate of drug-likeness (QED) is 0.868. The summed E-state index contributed by atoms with van der Waals surface area (Å²) in [6.45, 7) is 1.56. The summed E-state index contributed by atoms with van der Waals surface area (Å²) in [6.07, 6.45) is -0.982. The van der Waals surface area contributed by atoms with E-state index in [1.54, 1.807) is 14.0 Å². The van der Waals surface area contributed by atoms with E-state index in [1.807, 2.05) is 54.6 Å². The smallest absolute Gasteiger partial charge is 0.121 e. The first-order chi connectivity index (χ1) is 9.20. The second kappa shape index (κ2) is 6.23. The van der Waals surface area contributed by atoms with Gasteiger partial charge < -0.3 is 10.1 Å². The Morgan fingerprint density at radius 1 is 1.00 bits per heavy atom. The molecule has 19 heavy (non-hydrogen) atoms. The first-order valence-corrected chi connectivity index (χ1v) is 6.30. The van der Waals surface area contributed by atoms with Gasteiger partial charge in [0.15, 0.2) is 0 Å². The Labute approximate surface area is 113 Å². The molecular formula is C16H18FNO. The second-order valence-electron chi connectivity index (χ2n) is 4.44. The van der Waals surface area contributed by atoms with Crippen LogP contribution in [-0.2, 0) is 0 Å². The van der Waals surface area contributed by atoms with Crippen LogP contribution in [0.5, 0.6) is 5.75 Å². The summed E-state index contributed by atoms with van der Waals surface area (Å²) in [5.74, 6) is 0.787. The third kappa shape index (κ3) is 3.47. The van der Waals surface area contributed by atoms with E-state index in [2.05, 4.69) is 5.32 Å². The maximum atomic E-state index is 13.8. The number of ether oxygens (including phenoxy) is 1. The summed E-state index contributed by atoms with van der Waals surface area (Å²) < 4.78 is 18.9. The van der Waals surface area contributed by atoms with Crippen LogP contribution in [0.25, 0.3) is 0 Å². The number of benzene rings is 2. The lowest BCUT2D eigenvalue weighted by Gasteiger charge is -2.21. The zero-order valence-electron chi connectivity index (χ0n) is 11.1. The molecule has 0 aromatic heterocycles. The van der Waals surface area contributed by atoms with E-state index in [-0.39, 0.29) is 6.04 Å². The normalized spacial score (nSPS) is 13.6. The average molecular weight is 259 g/mol. The topological polar surface area (TPSA) is 21.3 Å². The fourth-order valence-corrected chi connectivity index (χ4v) is 1.99. The van der Waals surface area contributed by atoms with Crippen molar-refractivity contribution in [3.63, 3.8) is 0 Å². The van der Waals surface area contributed by atoms with Gasteiger partial charge in [-0.3, -0.25) is 0 Å². The fourth-order valence-electron chi connectivity index (χ4n) is 1.99. The predicted octanol–water partition coefficient (Wildman–Crippen LogP) is 4.21. The van der Waals surface area contributed by atoms with Crippen LogP contribution in [0.3, 0.4) is 0 Å². The molecule has 0 bridgehead atoms. The molecule has 2 aromatic rings. The SMILES string of the molecule is COc1ccc(N[C@@H](c2ccccc2)[C@H](C)F)cc1. The number of methoxy groups -OCH3 is 1. The lowest BCUT2D eigenvalue weighted by Crippen LogP contribution is -2.19. The molecule has 2 atom stereocenters. The number of alkyl halides is 1. The molecule has 0 saturated carbocycles. The number of rotatable bonds is 5. The van der Waals surface area contributed by atoms with Crippen molar-refractivity contribution in [2.75, 3.05) is 12.4 Å². The van der Waals surface area contributed by atoms with Gasteiger partial charge in [0.1, 0.15) is 11.9 Å². The highest BCUT2D eigenvalue weighted by Crippen LogP contribution is 2.25. The molecule has 0 amide bonds. The molecule has 0 heterocycles. The standard InChI is InChI=1S/C16H18FNO/c1-12(17)16(13-6-4-3-5-7-13)18-14-8-10-15(19-2)11-9-14/h3-12,16,18H,1-2H3/t12-,16+/m0/s1. The van der Waals surface area contributed by atoms with Gasteiger partial charge in [0.2, 0.25) is 0 Å². The van der Waals surface area contributed by atoms with E-state index in [1.165, 1.54) is 0 Å². The van der Waals surface area contributed by atoms with Crippen LogP contribution in [0.15, 0.2) is 54.6 Å². The van der Waals surface area contributed by atoms with Crippen molar-refractivity contribution in [3.8, 4) is 5.75 Å². The minimum atomic E-state index is -0.982. The zero-order chi connectivity index (χ0) is 13.7. The van der Waals surface area contributed by atoms with E-state index < -0.39 is 6.17 Å². The van der Waals surface area contributed by atoms with E-state index in [4.69, 9.17) is 4.74 Å². The molecule has 0 aliphatic heterocycles. The molecule has 0 fully saturated rings. The molecular weight excluding hydrogens is 241 g/mol. The predicted molar refractivity (Wildman–Crippen MR) is 76.4 cm³/mol. The van der Waals surface area contributed by atoms with Crippen molar-refractivity contribution in [2.45, 2.75) is 19.1 Å². The van der Waals surface area contributed by atoms with Crippen molar-refractivity contribution < 1.29 is 9.13 Å². The number of hydrogen-bond acceptors (Lipinski definition) is 2. The zero-order valence-corrected chi connectivity index (χ0v) is 11.1. The fraction of sp³-hybridized carbons (Fsp3) is 0.250. The Hall–Kier alpha value is -2.03. The molecule has 0 spiro atoms. The number of anilines is 1. The van der Waals surface area contributed by atoms with E-state index >= 15 is 0 Å². The maximum Gasteiger partial charge on any atom is 0.121 e. The summed E-state index contributed by atoms with van der Waals surface area (Å²) in [6, 6.07) is 16.7. The highest BCUT2D eigenvalue weighted by Gasteiger charge is 2.18. The monoisotopic (exact) mass is 259 g/mol. The Balaban J connectivity index is 2.17. The van der Waals surface area contributed by atoms with Crippen molar-refractivity contribution >= 4 is 5.69 Å². The van der Waals surface area contributed by atoms with Gasteiger partial charge in [0, 0.05) is 5.69 Å². The number of hydrogen-bond donors (Lipinski definition) is 1. The molecule has 0 aliphatic carbocycles. The lowest BCUT2D eigenvalue weighted by atomic mass is 10.0. The van der Waals surface area contributed by atoms with Crippen LogP contribution in [-0.4, -0.2) is 13.3 Å². The van der Waals surface area contributed by atoms with Crippen molar-refractivity contribution in [1.29, 1.82) is 0 Å². The second-order valence-corrected chi connectivity index (χ2v) is 4.44. The van der Waals surface area contributed by atoms with Crippen LogP contribution in [0.1, 0.15) is 18.5 Å². The van der Waals surface area contributed by atoms with E-state index in [0.29, 0.717) is 0 Å². The molecule has 0 aliphatic rings. The summed E-state index contributed by atoms with van der Waals surface area (Å²) in [4.78, 5) is 0. The van der Waals surface area contributed by atoms with Gasteiger partial charge in [-0.05, 0) is 36.8 Å². The molecule has 0 unspecified atom stereocenters. The minimum absolute atomic E-state index is 0.352. The number of halogens is 1. The molecule has 2 nitrogen and oxygen atoms in total. The first-order valence-electron chi connectivity index (χ1n) is 6.30. The highest BCUT2D eigenvalue weighted by molar-refractivity contribution is 5.48. The Bertz CT molecular complexity index is 496. The maximum absolute atomic E-state index is 13.8. The summed E-state index contributed by atoms with van der Waals surface area (Å²) in [5.41, 5.74) is 1.81. The molecule has 0 radical (unpaired) electrons. The van der Waals surface area contributed by atoms with E-state index in [0.717, 1.165) is 17.0 Å². The Kier molecular flexibility index (Phi) is 4.39. The molecule has 2 aromatic carbocycles. The van der Waals surface area contributed by atoms with Gasteiger partial charge in [0.05, 0.1) is 13.2 Å². The van der Waals surface area contributed by atoms with Crippen LogP contribution < -0.4 is 10.1 Å². The molecule has 2 rings (SSSR count). The summed E-state index contributed by atoms with van der Waals surface area (Å²) >= 11 is 0. The molecule has 1 N–H and O–H groups in total. The Morgan fingerprint density at radius 3 is 2.16 bits per heavy atom. The van der Waals surface area contributed by atoms with Gasteiger partial charge in [0.25, 0.3) is 0 Å². The largest absolute Gasteiger partial charge is 0.497 e. The third-order valence-corrected chi connectivity index (χ3v) is 3.03. The van der Waals surface area contributed by atoms with Gasteiger partial charge >= 0.3 is 0 Å². The molecule has 100 valence electrons. The molecule has 0 saturated heterocycles.